The minimum Gasteiger partial charge on any atom is -0.457 e. The second-order valence-electron chi connectivity index (χ2n) is 7.64. The Morgan fingerprint density at radius 3 is 2.60 bits per heavy atom. The minimum absolute atomic E-state index is 0.0101. The molecule has 0 N–H and O–H groups in total. The van der Waals surface area contributed by atoms with Gasteiger partial charge in [-0.1, -0.05) is 43.0 Å². The molecule has 4 rings (SSSR count). The van der Waals surface area contributed by atoms with E-state index < -0.39 is 5.97 Å². The smallest absolute Gasteiger partial charge is 0.339 e. The van der Waals surface area contributed by atoms with Crippen LogP contribution in [0.2, 0.25) is 5.02 Å². The number of nitrogens with zero attached hydrogens (tertiary/aromatic N) is 1. The van der Waals surface area contributed by atoms with Gasteiger partial charge in [0.25, 0.3) is 5.91 Å². The Balaban J connectivity index is 1.47. The number of hydrogen-bond acceptors (Lipinski definition) is 5. The average molecular weight is 430 g/mol. The van der Waals surface area contributed by atoms with Gasteiger partial charge in [-0.3, -0.25) is 4.79 Å². The summed E-state index contributed by atoms with van der Waals surface area (Å²) in [4.78, 5) is 27.6. The van der Waals surface area contributed by atoms with Gasteiger partial charge in [0.05, 0.1) is 16.1 Å². The molecule has 1 amide bonds. The molecule has 0 unspecified atom stereocenters. The van der Waals surface area contributed by atoms with Gasteiger partial charge >= 0.3 is 5.97 Å². The molecule has 0 saturated heterocycles. The van der Waals surface area contributed by atoms with Crippen LogP contribution in [0.4, 0.5) is 0 Å². The highest BCUT2D eigenvalue weighted by molar-refractivity contribution is 6.32. The molecule has 1 saturated carbocycles. The molecular formula is C23H24ClNO5. The van der Waals surface area contributed by atoms with Gasteiger partial charge in [-0.15, -0.1) is 0 Å². The molecule has 1 fully saturated rings. The molecule has 158 valence electrons. The number of rotatable bonds is 5. The molecule has 0 aromatic heterocycles. The summed E-state index contributed by atoms with van der Waals surface area (Å²) in [6, 6.07) is 10.4. The third-order valence-electron chi connectivity index (χ3n) is 5.68. The van der Waals surface area contributed by atoms with E-state index in [4.69, 9.17) is 25.8 Å². The van der Waals surface area contributed by atoms with Crippen molar-refractivity contribution in [2.45, 2.75) is 44.8 Å². The molecule has 0 spiro atoms. The molecule has 2 aliphatic rings. The van der Waals surface area contributed by atoms with Gasteiger partial charge in [-0.2, -0.15) is 0 Å². The zero-order chi connectivity index (χ0) is 21.1. The van der Waals surface area contributed by atoms with E-state index in [2.05, 4.69) is 0 Å². The van der Waals surface area contributed by atoms with Crippen molar-refractivity contribution in [3.8, 4) is 11.5 Å². The summed E-state index contributed by atoms with van der Waals surface area (Å²) < 4.78 is 16.1. The van der Waals surface area contributed by atoms with Gasteiger partial charge in [0, 0.05) is 13.1 Å². The third-order valence-corrected chi connectivity index (χ3v) is 5.96. The summed E-state index contributed by atoms with van der Waals surface area (Å²) >= 11 is 6.19. The summed E-state index contributed by atoms with van der Waals surface area (Å²) in [5.74, 6) is 0.317. The fraction of sp³-hybridized carbons (Fsp3) is 0.391. The number of esters is 1. The number of carbonyl (C=O) groups excluding carboxylic acids is 2. The van der Waals surface area contributed by atoms with Crippen LogP contribution >= 0.6 is 11.6 Å². The van der Waals surface area contributed by atoms with E-state index in [0.29, 0.717) is 27.6 Å². The molecular weight excluding hydrogens is 406 g/mol. The highest BCUT2D eigenvalue weighted by Gasteiger charge is 2.26. The topological polar surface area (TPSA) is 65.1 Å². The van der Waals surface area contributed by atoms with Gasteiger partial charge < -0.3 is 19.1 Å². The van der Waals surface area contributed by atoms with E-state index in [1.54, 1.807) is 41.3 Å². The Kier molecular flexibility index (Phi) is 6.13. The number of hydrogen-bond donors (Lipinski definition) is 0. The van der Waals surface area contributed by atoms with E-state index in [9.17, 15) is 9.59 Å². The largest absolute Gasteiger partial charge is 0.457 e. The van der Waals surface area contributed by atoms with Crippen molar-refractivity contribution in [2.24, 2.45) is 0 Å². The first-order chi connectivity index (χ1) is 14.5. The minimum atomic E-state index is -0.551. The highest BCUT2D eigenvalue weighted by atomic mass is 35.5. The van der Waals surface area contributed by atoms with Gasteiger partial charge in [-0.05, 0) is 42.7 Å². The van der Waals surface area contributed by atoms with Crippen LogP contribution in [0.3, 0.4) is 0 Å². The van der Waals surface area contributed by atoms with Gasteiger partial charge in [0.2, 0.25) is 6.79 Å². The maximum Gasteiger partial charge on any atom is 0.339 e. The summed E-state index contributed by atoms with van der Waals surface area (Å²) in [5.41, 5.74) is 1.30. The monoisotopic (exact) mass is 429 g/mol. The zero-order valence-corrected chi connectivity index (χ0v) is 17.6. The highest BCUT2D eigenvalue weighted by Crippen LogP contribution is 2.40. The quantitative estimate of drug-likeness (QED) is 0.637. The molecule has 2 aromatic carbocycles. The number of fused-ring (bicyclic) bond motifs is 1. The van der Waals surface area contributed by atoms with Crippen LogP contribution in [0.1, 0.15) is 58.4 Å². The van der Waals surface area contributed by atoms with Gasteiger partial charge in [0.15, 0.2) is 11.5 Å². The van der Waals surface area contributed by atoms with Crippen molar-refractivity contribution < 1.29 is 23.8 Å². The fourth-order valence-electron chi connectivity index (χ4n) is 4.00. The van der Waals surface area contributed by atoms with Crippen LogP contribution in [-0.4, -0.2) is 36.7 Å². The maximum atomic E-state index is 13.1. The average Bonchev–Trinajstić information content (AvgIpc) is 3.26. The molecule has 2 aromatic rings. The van der Waals surface area contributed by atoms with Crippen LogP contribution < -0.4 is 9.47 Å². The molecule has 1 heterocycles. The van der Waals surface area contributed by atoms with Crippen molar-refractivity contribution in [1.29, 1.82) is 0 Å². The third kappa shape index (κ3) is 4.24. The summed E-state index contributed by atoms with van der Waals surface area (Å²) in [6.07, 6.45) is 5.47. The van der Waals surface area contributed by atoms with E-state index in [1.807, 2.05) is 7.05 Å². The molecule has 30 heavy (non-hydrogen) atoms. The second-order valence-corrected chi connectivity index (χ2v) is 8.05. The second kappa shape index (κ2) is 8.96. The number of halogens is 1. The van der Waals surface area contributed by atoms with Gasteiger partial charge in [-0.25, -0.2) is 4.79 Å². The normalized spacial score (nSPS) is 15.7. The lowest BCUT2D eigenvalue weighted by Gasteiger charge is -2.31. The van der Waals surface area contributed by atoms with Crippen molar-refractivity contribution in [1.82, 2.24) is 4.90 Å². The summed E-state index contributed by atoms with van der Waals surface area (Å²) in [5, 5.41) is 0.403. The lowest BCUT2D eigenvalue weighted by molar-refractivity contribution is 0.0464. The Morgan fingerprint density at radius 1 is 1.10 bits per heavy atom. The zero-order valence-electron chi connectivity index (χ0n) is 16.9. The SMILES string of the molecule is CN(C(=O)c1ccccc1C(=O)OCc1cc(Cl)c2c(c1)OCO2)C1CCCCC1. The van der Waals surface area contributed by atoms with E-state index >= 15 is 0 Å². The Hall–Kier alpha value is -2.73. The van der Waals surface area contributed by atoms with E-state index in [1.165, 1.54) is 6.42 Å². The number of benzene rings is 2. The summed E-state index contributed by atoms with van der Waals surface area (Å²) in [6.45, 7) is 0.123. The van der Waals surface area contributed by atoms with Crippen molar-refractivity contribution in [3.63, 3.8) is 0 Å². The van der Waals surface area contributed by atoms with Crippen LogP contribution in [0.25, 0.3) is 0 Å². The van der Waals surface area contributed by atoms with Crippen LogP contribution in [0.5, 0.6) is 11.5 Å². The lowest BCUT2D eigenvalue weighted by atomic mass is 9.94. The number of ether oxygens (including phenoxy) is 3. The standard InChI is InChI=1S/C23H24ClNO5/c1-25(16-7-3-2-4-8-16)22(26)17-9-5-6-10-18(17)23(27)28-13-15-11-19(24)21-20(12-15)29-14-30-21/h5-6,9-12,16H,2-4,7-8,13-14H2,1H3. The van der Waals surface area contributed by atoms with Crippen LogP contribution in [-0.2, 0) is 11.3 Å². The Morgan fingerprint density at radius 2 is 1.83 bits per heavy atom. The van der Waals surface area contributed by atoms with Crippen molar-refractivity contribution >= 4 is 23.5 Å². The molecule has 6 nitrogen and oxygen atoms in total. The van der Waals surface area contributed by atoms with Crippen LogP contribution in [0.15, 0.2) is 36.4 Å². The molecule has 1 aliphatic heterocycles. The first kappa shape index (κ1) is 20.5. The van der Waals surface area contributed by atoms with Crippen LogP contribution in [0, 0.1) is 0 Å². The maximum absolute atomic E-state index is 13.1. The van der Waals surface area contributed by atoms with Gasteiger partial charge in [0.1, 0.15) is 6.61 Å². The molecule has 7 heteroatoms. The number of amides is 1. The predicted molar refractivity (Wildman–Crippen MR) is 112 cm³/mol. The summed E-state index contributed by atoms with van der Waals surface area (Å²) in [7, 11) is 1.81. The van der Waals surface area contributed by atoms with E-state index in [0.717, 1.165) is 25.7 Å². The number of carbonyl (C=O) groups is 2. The first-order valence-corrected chi connectivity index (χ1v) is 10.5. The predicted octanol–water partition coefficient (Wildman–Crippen LogP) is 4.83. The Bertz CT molecular complexity index is 955. The molecule has 0 radical (unpaired) electrons. The fourth-order valence-corrected chi connectivity index (χ4v) is 4.29. The first-order valence-electron chi connectivity index (χ1n) is 10.2. The van der Waals surface area contributed by atoms with E-state index in [-0.39, 0.29) is 30.9 Å². The molecule has 0 bridgehead atoms. The Labute approximate surface area is 180 Å². The molecule has 1 aliphatic carbocycles. The van der Waals surface area contributed by atoms with Crippen molar-refractivity contribution in [3.05, 3.63) is 58.1 Å². The molecule has 0 atom stereocenters. The van der Waals surface area contributed by atoms with Crippen molar-refractivity contribution in [2.75, 3.05) is 13.8 Å². The lowest BCUT2D eigenvalue weighted by Crippen LogP contribution is -2.38.